The topological polar surface area (TPSA) is 70.1 Å². The maximum Gasteiger partial charge on any atom is 0.120 e. The van der Waals surface area contributed by atoms with Crippen molar-refractivity contribution in [1.82, 2.24) is 0 Å². The molecular weight excluding hydrogens is 176 g/mol. The van der Waals surface area contributed by atoms with E-state index >= 15 is 0 Å². The number of benzene rings is 1. The summed E-state index contributed by atoms with van der Waals surface area (Å²) < 4.78 is 0. The lowest BCUT2D eigenvalue weighted by atomic mass is 10.1. The highest BCUT2D eigenvalue weighted by Crippen LogP contribution is 2.06. The summed E-state index contributed by atoms with van der Waals surface area (Å²) in [5, 5.41) is 16.3. The number of aryl methyl sites for hydroxylation is 1. The highest BCUT2D eigenvalue weighted by atomic mass is 16.3. The molecule has 0 amide bonds. The molecule has 76 valence electrons. The molecule has 0 aromatic heterocycles. The summed E-state index contributed by atoms with van der Waals surface area (Å²) in [5.41, 5.74) is 6.40. The third-order valence-corrected chi connectivity index (χ3v) is 2.14. The summed E-state index contributed by atoms with van der Waals surface area (Å²) in [5.74, 6) is -0.141. The van der Waals surface area contributed by atoms with Gasteiger partial charge in [-0.2, -0.15) is 0 Å². The fourth-order valence-electron chi connectivity index (χ4n) is 1.30. The van der Waals surface area contributed by atoms with Crippen LogP contribution in [0.25, 0.3) is 0 Å². The second kappa shape index (κ2) is 5.40. The third-order valence-electron chi connectivity index (χ3n) is 2.14. The first-order valence-electron chi connectivity index (χ1n) is 4.76. The van der Waals surface area contributed by atoms with E-state index in [1.165, 1.54) is 5.56 Å². The van der Waals surface area contributed by atoms with Gasteiger partial charge in [0.2, 0.25) is 0 Å². The zero-order chi connectivity index (χ0) is 10.4. The van der Waals surface area contributed by atoms with Crippen LogP contribution in [-0.4, -0.2) is 17.0 Å². The van der Waals surface area contributed by atoms with Crippen molar-refractivity contribution in [1.29, 1.82) is 5.41 Å². The lowest BCUT2D eigenvalue weighted by molar-refractivity contribution is 0.225. The smallest absolute Gasteiger partial charge is 0.120 e. The van der Waals surface area contributed by atoms with Crippen molar-refractivity contribution >= 4 is 5.84 Å². The number of rotatable bonds is 5. The number of aliphatic hydroxyl groups is 1. The van der Waals surface area contributed by atoms with Gasteiger partial charge in [0.05, 0.1) is 0 Å². The monoisotopic (exact) mass is 192 g/mol. The van der Waals surface area contributed by atoms with E-state index in [-0.39, 0.29) is 5.84 Å². The summed E-state index contributed by atoms with van der Waals surface area (Å²) in [6, 6.07) is 10.1. The van der Waals surface area contributed by atoms with Crippen molar-refractivity contribution in [3.63, 3.8) is 0 Å². The molecule has 0 aliphatic heterocycles. The number of nitrogens with one attached hydrogen (secondary N) is 1. The number of hydrogen-bond donors (Lipinski definition) is 3. The first-order chi connectivity index (χ1) is 6.70. The molecule has 3 heteroatoms. The Labute approximate surface area is 84.1 Å². The fraction of sp³-hybridized carbons (Fsp3) is 0.364. The lowest BCUT2D eigenvalue weighted by Crippen LogP contribution is -2.27. The predicted octanol–water partition coefficient (Wildman–Crippen LogP) is 1.31. The highest BCUT2D eigenvalue weighted by Gasteiger charge is 2.05. The Morgan fingerprint density at radius 3 is 2.57 bits per heavy atom. The van der Waals surface area contributed by atoms with E-state index in [2.05, 4.69) is 12.1 Å². The lowest BCUT2D eigenvalue weighted by Gasteiger charge is -2.07. The molecule has 1 aromatic carbocycles. The van der Waals surface area contributed by atoms with Gasteiger partial charge in [0, 0.05) is 0 Å². The van der Waals surface area contributed by atoms with E-state index in [1.807, 2.05) is 18.2 Å². The standard InChI is InChI=1S/C11H16N2O/c12-11(13)10(14)8-4-7-9-5-2-1-3-6-9/h1-3,5-6,10,14H,4,7-8H2,(H3,12,13). The molecule has 0 bridgehead atoms. The molecule has 4 N–H and O–H groups in total. The van der Waals surface area contributed by atoms with E-state index in [0.717, 1.165) is 12.8 Å². The van der Waals surface area contributed by atoms with Crippen LogP contribution >= 0.6 is 0 Å². The number of nitrogens with two attached hydrogens (primary N) is 1. The van der Waals surface area contributed by atoms with Crippen molar-refractivity contribution in [3.8, 4) is 0 Å². The Kier molecular flexibility index (Phi) is 4.13. The van der Waals surface area contributed by atoms with Crippen molar-refractivity contribution in [2.45, 2.75) is 25.4 Å². The van der Waals surface area contributed by atoms with Gasteiger partial charge in [-0.1, -0.05) is 30.3 Å². The average Bonchev–Trinajstić information content (AvgIpc) is 2.19. The molecule has 1 atom stereocenters. The third kappa shape index (κ3) is 3.58. The fourth-order valence-corrected chi connectivity index (χ4v) is 1.30. The molecule has 0 spiro atoms. The van der Waals surface area contributed by atoms with Crippen LogP contribution in [0.15, 0.2) is 30.3 Å². The molecule has 3 nitrogen and oxygen atoms in total. The van der Waals surface area contributed by atoms with Gasteiger partial charge in [0.1, 0.15) is 11.9 Å². The van der Waals surface area contributed by atoms with Crippen LogP contribution in [0.2, 0.25) is 0 Å². The van der Waals surface area contributed by atoms with Gasteiger partial charge in [-0.05, 0) is 24.8 Å². The molecule has 1 aromatic rings. The van der Waals surface area contributed by atoms with Gasteiger partial charge in [-0.3, -0.25) is 5.41 Å². The molecule has 1 rings (SSSR count). The van der Waals surface area contributed by atoms with Crippen LogP contribution in [0.4, 0.5) is 0 Å². The van der Waals surface area contributed by atoms with Crippen molar-refractivity contribution in [2.24, 2.45) is 5.73 Å². The summed E-state index contributed by atoms with van der Waals surface area (Å²) >= 11 is 0. The minimum Gasteiger partial charge on any atom is -0.385 e. The Bertz CT molecular complexity index is 285. The van der Waals surface area contributed by atoms with Gasteiger partial charge < -0.3 is 10.8 Å². The number of amidine groups is 1. The first-order valence-corrected chi connectivity index (χ1v) is 4.76. The van der Waals surface area contributed by atoms with Gasteiger partial charge in [0.15, 0.2) is 0 Å². The summed E-state index contributed by atoms with van der Waals surface area (Å²) in [7, 11) is 0. The van der Waals surface area contributed by atoms with Crippen molar-refractivity contribution < 1.29 is 5.11 Å². The minimum atomic E-state index is -0.779. The minimum absolute atomic E-state index is 0.141. The molecular formula is C11H16N2O. The summed E-state index contributed by atoms with van der Waals surface area (Å²) in [4.78, 5) is 0. The van der Waals surface area contributed by atoms with Crippen LogP contribution < -0.4 is 5.73 Å². The van der Waals surface area contributed by atoms with Crippen LogP contribution in [0.5, 0.6) is 0 Å². The predicted molar refractivity (Wildman–Crippen MR) is 57.3 cm³/mol. The Hall–Kier alpha value is -1.35. The summed E-state index contributed by atoms with van der Waals surface area (Å²) in [6.45, 7) is 0. The van der Waals surface area contributed by atoms with E-state index < -0.39 is 6.10 Å². The molecule has 0 saturated carbocycles. The van der Waals surface area contributed by atoms with E-state index in [1.54, 1.807) is 0 Å². The highest BCUT2D eigenvalue weighted by molar-refractivity contribution is 5.81. The molecule has 1 unspecified atom stereocenters. The molecule has 0 radical (unpaired) electrons. The number of aliphatic hydroxyl groups excluding tert-OH is 1. The SMILES string of the molecule is N=C(N)C(O)CCCc1ccccc1. The van der Waals surface area contributed by atoms with Crippen LogP contribution in [-0.2, 0) is 6.42 Å². The Morgan fingerprint density at radius 1 is 1.36 bits per heavy atom. The van der Waals surface area contributed by atoms with Gasteiger partial charge in [-0.15, -0.1) is 0 Å². The van der Waals surface area contributed by atoms with Crippen LogP contribution in [0, 0.1) is 5.41 Å². The molecule has 0 fully saturated rings. The van der Waals surface area contributed by atoms with Gasteiger partial charge in [0.25, 0.3) is 0 Å². The maximum atomic E-state index is 9.25. The molecule has 0 aliphatic carbocycles. The number of hydrogen-bond acceptors (Lipinski definition) is 2. The maximum absolute atomic E-state index is 9.25. The molecule has 0 heterocycles. The molecule has 0 aliphatic rings. The first kappa shape index (κ1) is 10.7. The Morgan fingerprint density at radius 2 is 2.00 bits per heavy atom. The molecule has 0 saturated heterocycles. The largest absolute Gasteiger partial charge is 0.385 e. The average molecular weight is 192 g/mol. The van der Waals surface area contributed by atoms with Crippen molar-refractivity contribution in [2.75, 3.05) is 0 Å². The van der Waals surface area contributed by atoms with E-state index in [9.17, 15) is 5.11 Å². The van der Waals surface area contributed by atoms with E-state index in [0.29, 0.717) is 6.42 Å². The Balaban J connectivity index is 2.26. The van der Waals surface area contributed by atoms with Gasteiger partial charge in [-0.25, -0.2) is 0 Å². The van der Waals surface area contributed by atoms with Gasteiger partial charge >= 0.3 is 0 Å². The zero-order valence-corrected chi connectivity index (χ0v) is 8.11. The second-order valence-corrected chi connectivity index (χ2v) is 3.35. The van der Waals surface area contributed by atoms with Crippen molar-refractivity contribution in [3.05, 3.63) is 35.9 Å². The van der Waals surface area contributed by atoms with Crippen LogP contribution in [0.3, 0.4) is 0 Å². The normalized spacial score (nSPS) is 12.4. The quantitative estimate of drug-likeness (QED) is 0.486. The molecule has 14 heavy (non-hydrogen) atoms. The summed E-state index contributed by atoms with van der Waals surface area (Å²) in [6.07, 6.45) is 1.55. The zero-order valence-electron chi connectivity index (χ0n) is 8.11. The van der Waals surface area contributed by atoms with Crippen LogP contribution in [0.1, 0.15) is 18.4 Å². The second-order valence-electron chi connectivity index (χ2n) is 3.35. The van der Waals surface area contributed by atoms with E-state index in [4.69, 9.17) is 11.1 Å².